The largest absolute Gasteiger partial charge is 0.477 e. The Morgan fingerprint density at radius 2 is 1.64 bits per heavy atom. The topological polar surface area (TPSA) is 242 Å². The van der Waals surface area contributed by atoms with Crippen LogP contribution in [0.3, 0.4) is 0 Å². The lowest BCUT2D eigenvalue weighted by atomic mass is 9.97. The van der Waals surface area contributed by atoms with E-state index in [0.29, 0.717) is 55.5 Å². The van der Waals surface area contributed by atoms with Crippen molar-refractivity contribution in [2.45, 2.75) is 109 Å². The fourth-order valence-electron chi connectivity index (χ4n) is 10.0. The molecule has 3 aromatic rings. The molecule has 70 heavy (non-hydrogen) atoms. The summed E-state index contributed by atoms with van der Waals surface area (Å²) in [6.07, 6.45) is 6.32. The van der Waals surface area contributed by atoms with Crippen LogP contribution in [0, 0.1) is 17.2 Å². The van der Waals surface area contributed by atoms with Crippen LogP contribution >= 0.6 is 11.6 Å². The zero-order valence-electron chi connectivity index (χ0n) is 39.7. The number of fused-ring (bicyclic) bond motifs is 1. The molecule has 5 unspecified atom stereocenters. The number of urea groups is 1. The SMILES string of the molecule is CC(C)C(NC(=O)CCCCCN1C(=O)C=CC1=O)C(=O)NC(CCCNC(N)=O)C(=O)Nc1ccc(C[N+](C)(C)C2CN(c3c(F)cc4c(=O)c(C(=O)O)cn(C5CC5F)c4c3Cl)CC23CC3)cc1. The number of anilines is 2. The highest BCUT2D eigenvalue weighted by molar-refractivity contribution is 6.38. The van der Waals surface area contributed by atoms with Crippen LogP contribution in [0.25, 0.3) is 10.9 Å². The van der Waals surface area contributed by atoms with E-state index in [1.807, 2.05) is 17.0 Å². The molecule has 7 N–H and O–H groups in total. The van der Waals surface area contributed by atoms with Crippen molar-refractivity contribution in [1.82, 2.24) is 25.4 Å². The molecule has 2 aliphatic carbocycles. The normalized spacial score (nSPS) is 20.0. The number of hydrogen-bond donors (Lipinski definition) is 6. The fraction of sp³-hybridized carbons (Fsp3) is 0.510. The Balaban J connectivity index is 0.983. The third kappa shape index (κ3) is 11.4. The van der Waals surface area contributed by atoms with Gasteiger partial charge in [-0.25, -0.2) is 18.4 Å². The summed E-state index contributed by atoms with van der Waals surface area (Å²) in [5, 5.41) is 20.3. The summed E-state index contributed by atoms with van der Waals surface area (Å²) in [5.74, 6) is -4.77. The average Bonchev–Trinajstić information content (AvgIpc) is 4.16. The monoisotopic (exact) mass is 992 g/mol. The summed E-state index contributed by atoms with van der Waals surface area (Å²) in [7, 11) is 4.19. The first-order chi connectivity index (χ1) is 33.1. The van der Waals surface area contributed by atoms with Crippen molar-refractivity contribution in [2.24, 2.45) is 17.1 Å². The lowest BCUT2D eigenvalue weighted by Gasteiger charge is -2.39. The van der Waals surface area contributed by atoms with Gasteiger partial charge < -0.3 is 46.1 Å². The number of aromatic carboxylic acids is 1. The molecule has 2 saturated carbocycles. The Morgan fingerprint density at radius 1 is 0.971 bits per heavy atom. The molecule has 21 heteroatoms. The minimum absolute atomic E-state index is 0.0184. The van der Waals surface area contributed by atoms with E-state index >= 15 is 4.39 Å². The number of amides is 7. The molecule has 7 rings (SSSR count). The first-order valence-electron chi connectivity index (χ1n) is 23.7. The number of nitrogens with one attached hydrogen (secondary N) is 4. The summed E-state index contributed by atoms with van der Waals surface area (Å²) in [5.41, 5.74) is 5.20. The number of carboxylic acids is 1. The van der Waals surface area contributed by atoms with Crippen molar-refractivity contribution in [3.05, 3.63) is 80.9 Å². The molecule has 3 fully saturated rings. The molecule has 5 atom stereocenters. The molecule has 0 bridgehead atoms. The average molecular weight is 994 g/mol. The van der Waals surface area contributed by atoms with Gasteiger partial charge in [-0.3, -0.25) is 33.7 Å². The number of nitrogens with two attached hydrogens (primary N) is 1. The number of hydrogen-bond acceptors (Lipinski definition) is 9. The predicted molar refractivity (Wildman–Crippen MR) is 257 cm³/mol. The van der Waals surface area contributed by atoms with Crippen LogP contribution in [-0.4, -0.2) is 125 Å². The van der Waals surface area contributed by atoms with Gasteiger partial charge in [-0.15, -0.1) is 0 Å². The van der Waals surface area contributed by atoms with Gasteiger partial charge in [0.15, 0.2) is 0 Å². The van der Waals surface area contributed by atoms with Gasteiger partial charge in [0.25, 0.3) is 11.8 Å². The van der Waals surface area contributed by atoms with Gasteiger partial charge in [-0.05, 0) is 62.6 Å². The van der Waals surface area contributed by atoms with E-state index in [1.165, 1.54) is 16.7 Å². The molecular formula is C49H61ClF2N9O9+. The Bertz CT molecular complexity index is 2650. The summed E-state index contributed by atoms with van der Waals surface area (Å²) in [6, 6.07) is 4.85. The molecule has 2 aromatic carbocycles. The van der Waals surface area contributed by atoms with Crippen molar-refractivity contribution in [1.29, 1.82) is 0 Å². The predicted octanol–water partition coefficient (Wildman–Crippen LogP) is 4.52. The minimum Gasteiger partial charge on any atom is -0.477 e. The number of likely N-dealkylation sites (N-methyl/N-ethyl adjacent to an activating group) is 1. The number of unbranched alkanes of at least 4 members (excludes halogenated alkanes) is 2. The molecule has 3 heterocycles. The van der Waals surface area contributed by atoms with Crippen molar-refractivity contribution < 1.29 is 51.9 Å². The number of halogens is 3. The van der Waals surface area contributed by atoms with E-state index in [2.05, 4.69) is 35.4 Å². The molecule has 1 spiro atoms. The zero-order valence-corrected chi connectivity index (χ0v) is 40.5. The van der Waals surface area contributed by atoms with E-state index < -0.39 is 64.9 Å². The van der Waals surface area contributed by atoms with Gasteiger partial charge in [0, 0.05) is 67.5 Å². The molecule has 18 nitrogen and oxygen atoms in total. The van der Waals surface area contributed by atoms with Crippen LogP contribution in [0.1, 0.15) is 93.6 Å². The third-order valence-corrected chi connectivity index (χ3v) is 14.3. The number of pyridine rings is 1. The molecule has 1 saturated heterocycles. The van der Waals surface area contributed by atoms with Gasteiger partial charge in [0.05, 0.1) is 48.3 Å². The standard InChI is InChI=1S/C49H60ClF2N9O9/c1-27(2)41(57-37(62)10-6-5-7-20-59-38(63)15-16-39(59)64)46(67)56-34(9-8-19-54-48(53)70)45(66)55-29-13-11-28(12-14-29)25-61(3,4)36-24-58(26-49(36)17-18-49)43-33(52)21-30-42(40(43)50)60(35-22-32(35)51)23-31(44(30)65)47(68)69/h11-16,21,23,27,32,34-36,41H,5-10,17-20,22,24-26H2,1-4H3,(H6-,53,54,55,56,57,62,66,67,68,69,70)/p+1. The molecule has 376 valence electrons. The highest BCUT2D eigenvalue weighted by atomic mass is 35.5. The van der Waals surface area contributed by atoms with Crippen LogP contribution < -0.4 is 37.3 Å². The number of carbonyl (C=O) groups excluding carboxylic acids is 6. The maximum Gasteiger partial charge on any atom is 0.341 e. The van der Waals surface area contributed by atoms with E-state index in [-0.39, 0.29) is 89.1 Å². The van der Waals surface area contributed by atoms with E-state index in [0.717, 1.165) is 35.6 Å². The minimum atomic E-state index is -1.50. The van der Waals surface area contributed by atoms with Crippen LogP contribution in [-0.2, 0) is 30.5 Å². The summed E-state index contributed by atoms with van der Waals surface area (Å²) < 4.78 is 32.5. The van der Waals surface area contributed by atoms with E-state index in [9.17, 15) is 47.9 Å². The quantitative estimate of drug-likeness (QED) is 0.0467. The zero-order chi connectivity index (χ0) is 50.8. The number of alkyl halides is 1. The fourth-order valence-corrected chi connectivity index (χ4v) is 10.4. The van der Waals surface area contributed by atoms with Gasteiger partial charge in [-0.2, -0.15) is 0 Å². The second-order valence-electron chi connectivity index (χ2n) is 20.0. The molecule has 0 radical (unpaired) electrons. The highest BCUT2D eigenvalue weighted by Gasteiger charge is 2.62. The molecule has 1 aromatic heterocycles. The van der Waals surface area contributed by atoms with Crippen molar-refractivity contribution in [2.75, 3.05) is 50.5 Å². The number of carbonyl (C=O) groups is 7. The molecule has 4 aliphatic rings. The summed E-state index contributed by atoms with van der Waals surface area (Å²) in [6.45, 7) is 5.41. The number of rotatable bonds is 22. The number of aromatic nitrogens is 1. The summed E-state index contributed by atoms with van der Waals surface area (Å²) >= 11 is 6.97. The van der Waals surface area contributed by atoms with Crippen molar-refractivity contribution >= 4 is 75.4 Å². The lowest BCUT2D eigenvalue weighted by molar-refractivity contribution is -0.930. The second kappa shape index (κ2) is 20.9. The van der Waals surface area contributed by atoms with E-state index in [1.54, 1.807) is 26.0 Å². The first-order valence-corrected chi connectivity index (χ1v) is 24.1. The van der Waals surface area contributed by atoms with Crippen LogP contribution in [0.4, 0.5) is 25.0 Å². The number of carboxylic acid groups (broad SMARTS) is 1. The maximum absolute atomic E-state index is 16.2. The molecule has 7 amide bonds. The number of benzene rings is 2. The Kier molecular flexibility index (Phi) is 15.4. The highest BCUT2D eigenvalue weighted by Crippen LogP contribution is 2.57. The summed E-state index contributed by atoms with van der Waals surface area (Å²) in [4.78, 5) is 104. The maximum atomic E-state index is 16.2. The van der Waals surface area contributed by atoms with Crippen molar-refractivity contribution in [3.63, 3.8) is 0 Å². The lowest BCUT2D eigenvalue weighted by Crippen LogP contribution is -2.54. The second-order valence-corrected chi connectivity index (χ2v) is 20.3. The third-order valence-electron chi connectivity index (χ3n) is 14.0. The molecule has 2 aliphatic heterocycles. The smallest absolute Gasteiger partial charge is 0.341 e. The Labute approximate surface area is 408 Å². The number of nitrogens with zero attached hydrogens (tertiary/aromatic N) is 4. The number of imide groups is 1. The number of primary amides is 1. The Morgan fingerprint density at radius 3 is 2.24 bits per heavy atom. The van der Waals surface area contributed by atoms with Gasteiger partial charge in [0.2, 0.25) is 23.2 Å². The van der Waals surface area contributed by atoms with Crippen LogP contribution in [0.15, 0.2) is 53.5 Å². The van der Waals surface area contributed by atoms with Gasteiger partial charge in [0.1, 0.15) is 42.2 Å². The Hall–Kier alpha value is -6.41. The van der Waals surface area contributed by atoms with Crippen LogP contribution in [0.2, 0.25) is 5.02 Å². The van der Waals surface area contributed by atoms with Gasteiger partial charge in [-0.1, -0.05) is 44.0 Å². The first kappa shape index (κ1) is 51.4. The number of quaternary nitrogens is 1. The molecular weight excluding hydrogens is 932 g/mol. The van der Waals surface area contributed by atoms with Gasteiger partial charge >= 0.3 is 12.0 Å². The van der Waals surface area contributed by atoms with Crippen molar-refractivity contribution in [3.8, 4) is 0 Å². The van der Waals surface area contributed by atoms with E-state index in [4.69, 9.17) is 17.3 Å². The van der Waals surface area contributed by atoms with Crippen LogP contribution in [0.5, 0.6) is 0 Å².